The van der Waals surface area contributed by atoms with Gasteiger partial charge in [0.05, 0.1) is 0 Å². The summed E-state index contributed by atoms with van der Waals surface area (Å²) in [6.07, 6.45) is 0.620. The van der Waals surface area contributed by atoms with E-state index in [0.29, 0.717) is 0 Å². The van der Waals surface area contributed by atoms with Crippen LogP contribution < -0.4 is 0 Å². The maximum Gasteiger partial charge on any atom is 0.410 e. The lowest BCUT2D eigenvalue weighted by atomic mass is 10.2. The van der Waals surface area contributed by atoms with Gasteiger partial charge in [-0.05, 0) is 20.8 Å². The maximum absolute atomic E-state index is 11.1. The number of ether oxygens (including phenoxy) is 1. The molecule has 0 aromatic heterocycles. The lowest BCUT2D eigenvalue weighted by Gasteiger charge is -2.23. The van der Waals surface area contributed by atoms with Gasteiger partial charge >= 0.3 is 12.1 Å². The Hall–Kier alpha value is -1.26. The van der Waals surface area contributed by atoms with Crippen molar-refractivity contribution in [3.8, 4) is 0 Å². The van der Waals surface area contributed by atoms with Crippen molar-refractivity contribution >= 4 is 12.1 Å². The number of likely N-dealkylation sites (N-methyl/N-ethyl adjacent to an activating group) is 1. The summed E-state index contributed by atoms with van der Waals surface area (Å²) in [7, 11) is 1.38. The molecular weight excluding hydrogens is 210 g/mol. The minimum Gasteiger partial charge on any atom is -0.480 e. The highest BCUT2D eigenvalue weighted by molar-refractivity contribution is 5.76. The number of nitrogens with zero attached hydrogens (tertiary/aromatic N) is 1. The average molecular weight is 233 g/mol. The van der Waals surface area contributed by atoms with Crippen LogP contribution in [0.25, 0.3) is 0 Å². The molecule has 0 unspecified atom stereocenters. The molecule has 0 aromatic rings. The van der Waals surface area contributed by atoms with Crippen LogP contribution in [0.4, 0.5) is 4.79 Å². The summed E-state index contributed by atoms with van der Waals surface area (Å²) in [5, 5.41) is 8.38. The molecule has 0 saturated heterocycles. The number of carboxylic acid groups (broad SMARTS) is 1. The second-order valence-corrected chi connectivity index (χ2v) is 4.44. The van der Waals surface area contributed by atoms with Crippen LogP contribution in [-0.4, -0.2) is 41.3 Å². The van der Waals surface area contributed by atoms with Crippen LogP contribution in [0.1, 0.15) is 41.0 Å². The van der Waals surface area contributed by atoms with Gasteiger partial charge < -0.3 is 14.7 Å². The summed E-state index contributed by atoms with van der Waals surface area (Å²) in [5.74, 6) is -1.06. The van der Waals surface area contributed by atoms with Crippen molar-refractivity contribution in [3.63, 3.8) is 0 Å². The second kappa shape index (κ2) is 7.96. The third kappa shape index (κ3) is 12.7. The Morgan fingerprint density at radius 3 is 1.88 bits per heavy atom. The molecule has 0 rings (SSSR count). The van der Waals surface area contributed by atoms with E-state index in [9.17, 15) is 9.59 Å². The first-order valence-corrected chi connectivity index (χ1v) is 5.29. The first kappa shape index (κ1) is 17.1. The molecule has 5 nitrogen and oxygen atoms in total. The summed E-state index contributed by atoms with van der Waals surface area (Å²) in [5.41, 5.74) is -0.593. The zero-order valence-corrected chi connectivity index (χ0v) is 11.0. The van der Waals surface area contributed by atoms with Crippen molar-refractivity contribution in [1.29, 1.82) is 0 Å². The molecule has 5 heteroatoms. The summed E-state index contributed by atoms with van der Waals surface area (Å²) < 4.78 is 4.92. The Morgan fingerprint density at radius 1 is 1.25 bits per heavy atom. The van der Waals surface area contributed by atoms with Gasteiger partial charge in [0.1, 0.15) is 12.1 Å². The monoisotopic (exact) mass is 233 g/mol. The third-order valence-electron chi connectivity index (χ3n) is 1.08. The Labute approximate surface area is 97.4 Å². The first-order chi connectivity index (χ1) is 7.14. The van der Waals surface area contributed by atoms with Crippen LogP contribution in [0.5, 0.6) is 0 Å². The minimum atomic E-state index is -1.06. The van der Waals surface area contributed by atoms with Crippen molar-refractivity contribution in [2.45, 2.75) is 46.6 Å². The number of hydrogen-bond donors (Lipinski definition) is 1. The van der Waals surface area contributed by atoms with Crippen LogP contribution >= 0.6 is 0 Å². The van der Waals surface area contributed by atoms with E-state index in [1.54, 1.807) is 20.8 Å². The van der Waals surface area contributed by atoms with E-state index in [1.165, 1.54) is 13.5 Å². The number of rotatable bonds is 2. The third-order valence-corrected chi connectivity index (χ3v) is 1.08. The summed E-state index contributed by atoms with van der Waals surface area (Å²) in [6.45, 7) is 9.06. The zero-order chi connectivity index (χ0) is 13.4. The average Bonchev–Trinajstić information content (AvgIpc) is 2.00. The van der Waals surface area contributed by atoms with Gasteiger partial charge in [-0.15, -0.1) is 0 Å². The topological polar surface area (TPSA) is 66.8 Å². The molecule has 0 aliphatic heterocycles. The molecule has 0 aliphatic rings. The van der Waals surface area contributed by atoms with E-state index in [0.717, 1.165) is 4.90 Å². The van der Waals surface area contributed by atoms with Gasteiger partial charge in [-0.25, -0.2) is 4.79 Å². The molecule has 0 heterocycles. The number of aliphatic carboxylic acids is 1. The molecule has 0 spiro atoms. The van der Waals surface area contributed by atoms with Crippen LogP contribution in [0.3, 0.4) is 0 Å². The molecule has 0 aromatic carbocycles. The van der Waals surface area contributed by atoms with Crippen LogP contribution in [0.2, 0.25) is 0 Å². The lowest BCUT2D eigenvalue weighted by Crippen LogP contribution is -2.37. The predicted molar refractivity (Wildman–Crippen MR) is 62.5 cm³/mol. The normalized spacial score (nSPS) is 9.88. The molecule has 0 atom stereocenters. The van der Waals surface area contributed by atoms with Crippen molar-refractivity contribution in [2.75, 3.05) is 13.6 Å². The van der Waals surface area contributed by atoms with Crippen LogP contribution in [-0.2, 0) is 9.53 Å². The fraction of sp³-hybridized carbons (Fsp3) is 0.818. The molecule has 1 N–H and O–H groups in total. The van der Waals surface area contributed by atoms with Crippen molar-refractivity contribution in [1.82, 2.24) is 4.90 Å². The molecule has 0 bridgehead atoms. The highest BCUT2D eigenvalue weighted by atomic mass is 16.6. The van der Waals surface area contributed by atoms with Crippen molar-refractivity contribution in [3.05, 3.63) is 0 Å². The molecule has 1 amide bonds. The summed E-state index contributed by atoms with van der Waals surface area (Å²) in [6, 6.07) is 0. The van der Waals surface area contributed by atoms with Crippen LogP contribution in [0.15, 0.2) is 0 Å². The largest absolute Gasteiger partial charge is 0.480 e. The standard InChI is InChI=1S/C8H15NO4.C3H8/c1-8(2,3)13-7(12)9(4)5-6(10)11;1-3-2/h5H2,1-4H3,(H,10,11);3H2,1-2H3. The van der Waals surface area contributed by atoms with Gasteiger partial charge in [0.2, 0.25) is 0 Å². The molecule has 0 saturated carbocycles. The second-order valence-electron chi connectivity index (χ2n) is 4.44. The van der Waals surface area contributed by atoms with Crippen molar-refractivity contribution in [2.24, 2.45) is 0 Å². The Morgan fingerprint density at radius 2 is 1.62 bits per heavy atom. The van der Waals surface area contributed by atoms with E-state index in [1.807, 2.05) is 0 Å². The lowest BCUT2D eigenvalue weighted by molar-refractivity contribution is -0.137. The molecule has 0 radical (unpaired) electrons. The zero-order valence-electron chi connectivity index (χ0n) is 11.0. The van der Waals surface area contributed by atoms with Gasteiger partial charge in [-0.2, -0.15) is 0 Å². The van der Waals surface area contributed by atoms with E-state index in [4.69, 9.17) is 9.84 Å². The molecular formula is C11H23NO4. The van der Waals surface area contributed by atoms with E-state index < -0.39 is 17.7 Å². The SMILES string of the molecule is CCC.CN(CC(=O)O)C(=O)OC(C)(C)C. The Kier molecular flexibility index (Phi) is 8.53. The maximum atomic E-state index is 11.1. The fourth-order valence-electron chi connectivity index (χ4n) is 0.607. The first-order valence-electron chi connectivity index (χ1n) is 5.29. The number of carbonyl (C=O) groups is 2. The number of hydrogen-bond acceptors (Lipinski definition) is 3. The predicted octanol–water partition coefficient (Wildman–Crippen LogP) is 2.35. The highest BCUT2D eigenvalue weighted by Gasteiger charge is 2.20. The van der Waals surface area contributed by atoms with E-state index in [-0.39, 0.29) is 6.54 Å². The van der Waals surface area contributed by atoms with Gasteiger partial charge in [0, 0.05) is 7.05 Å². The molecule has 0 fully saturated rings. The van der Waals surface area contributed by atoms with E-state index in [2.05, 4.69) is 13.8 Å². The summed E-state index contributed by atoms with van der Waals surface area (Å²) >= 11 is 0. The quantitative estimate of drug-likeness (QED) is 0.795. The minimum absolute atomic E-state index is 0.352. The van der Waals surface area contributed by atoms with Gasteiger partial charge in [-0.1, -0.05) is 20.3 Å². The smallest absolute Gasteiger partial charge is 0.410 e. The molecule has 16 heavy (non-hydrogen) atoms. The number of carboxylic acids is 1. The van der Waals surface area contributed by atoms with Gasteiger partial charge in [0.25, 0.3) is 0 Å². The fourth-order valence-corrected chi connectivity index (χ4v) is 0.607. The summed E-state index contributed by atoms with van der Waals surface area (Å²) in [4.78, 5) is 22.4. The molecule has 96 valence electrons. The van der Waals surface area contributed by atoms with Gasteiger partial charge in [-0.3, -0.25) is 4.79 Å². The highest BCUT2D eigenvalue weighted by Crippen LogP contribution is 2.08. The Balaban J connectivity index is 0. The number of amides is 1. The Bertz CT molecular complexity index is 221. The van der Waals surface area contributed by atoms with Crippen LogP contribution in [0, 0.1) is 0 Å². The number of carbonyl (C=O) groups excluding carboxylic acids is 1. The van der Waals surface area contributed by atoms with E-state index >= 15 is 0 Å². The van der Waals surface area contributed by atoms with Gasteiger partial charge in [0.15, 0.2) is 0 Å². The van der Waals surface area contributed by atoms with Crippen molar-refractivity contribution < 1.29 is 19.4 Å². The molecule has 0 aliphatic carbocycles.